The molecule has 2 aromatic carbocycles. The topological polar surface area (TPSA) is 13.1 Å². The quantitative estimate of drug-likeness (QED) is 0.249. The molecule has 19 heavy (non-hydrogen) atoms. The lowest BCUT2D eigenvalue weighted by Gasteiger charge is -1.85. The highest BCUT2D eigenvalue weighted by molar-refractivity contribution is 6.04. The van der Waals surface area contributed by atoms with Crippen LogP contribution in [0, 0.1) is 0 Å². The van der Waals surface area contributed by atoms with Gasteiger partial charge in [-0.25, -0.2) is 0 Å². The molecule has 0 spiro atoms. The molecule has 0 amide bonds. The van der Waals surface area contributed by atoms with E-state index < -0.39 is 0 Å². The first kappa shape index (κ1) is 28.1. The average molecular weight is 603 g/mol. The Morgan fingerprint density at radius 2 is 0.842 bits per heavy atom. The van der Waals surface area contributed by atoms with Gasteiger partial charge in [0.2, 0.25) is 0 Å². The minimum atomic E-state index is 0. The van der Waals surface area contributed by atoms with E-state index in [-0.39, 0.29) is 97.3 Å². The summed E-state index contributed by atoms with van der Waals surface area (Å²) in [4.78, 5) is 0. The van der Waals surface area contributed by atoms with E-state index in [1.807, 2.05) is 36.4 Å². The molecule has 0 radical (unpaired) electrons. The van der Waals surface area contributed by atoms with Gasteiger partial charge in [-0.3, -0.25) is 0 Å². The molecule has 3 aromatic rings. The van der Waals surface area contributed by atoms with Gasteiger partial charge in [0.05, 0.1) is 0 Å². The maximum absolute atomic E-state index is 5.65. The predicted molar refractivity (Wildman–Crippen MR) is 53.7 cm³/mol. The highest BCUT2D eigenvalue weighted by atomic mass is 79.9. The van der Waals surface area contributed by atoms with Crippen LogP contribution in [0.2, 0.25) is 0 Å². The van der Waals surface area contributed by atoms with Gasteiger partial charge in [-0.1, -0.05) is 36.4 Å². The van der Waals surface area contributed by atoms with Gasteiger partial charge in [-0.15, -0.1) is 0 Å². The first-order valence-electron chi connectivity index (χ1n) is 4.31. The van der Waals surface area contributed by atoms with Gasteiger partial charge >= 0.3 is 0 Å². The van der Waals surface area contributed by atoms with Crippen molar-refractivity contribution in [3.05, 3.63) is 48.5 Å². The first-order valence-corrected chi connectivity index (χ1v) is 4.31. The third kappa shape index (κ3) is 5.67. The molecule has 110 valence electrons. The summed E-state index contributed by atoms with van der Waals surface area (Å²) in [7, 11) is 0. The maximum atomic E-state index is 5.65. The van der Waals surface area contributed by atoms with Gasteiger partial charge in [0.15, 0.2) is 0 Å². The number of halogens is 6. The zero-order valence-electron chi connectivity index (χ0n) is 9.29. The van der Waals surface area contributed by atoms with E-state index in [0.29, 0.717) is 0 Å². The zero-order chi connectivity index (χ0) is 8.67. The highest BCUT2D eigenvalue weighted by Gasteiger charge is 2.03. The van der Waals surface area contributed by atoms with Crippen LogP contribution in [0.1, 0.15) is 0 Å². The molecule has 0 saturated heterocycles. The molecule has 0 atom stereocenters. The summed E-state index contributed by atoms with van der Waals surface area (Å²) in [6.07, 6.45) is 0. The van der Waals surface area contributed by atoms with Gasteiger partial charge in [-0.2, -0.15) is 0 Å². The van der Waals surface area contributed by atoms with Gasteiger partial charge < -0.3 is 102 Å². The summed E-state index contributed by atoms with van der Waals surface area (Å²) in [5, 5.41) is 2.39. The van der Waals surface area contributed by atoms with Crippen LogP contribution in [0.15, 0.2) is 52.9 Å². The van der Waals surface area contributed by atoms with E-state index in [1.165, 1.54) is 10.8 Å². The summed E-state index contributed by atoms with van der Waals surface area (Å²) in [5.74, 6) is 0. The van der Waals surface area contributed by atoms with E-state index in [1.54, 1.807) is 0 Å². The van der Waals surface area contributed by atoms with Crippen LogP contribution < -0.4 is 97.3 Å². The number of rotatable bonds is 0. The molecule has 0 aliphatic carbocycles. The van der Waals surface area contributed by atoms with Crippen LogP contribution in [0.4, 0.5) is 0 Å². The van der Waals surface area contributed by atoms with Crippen molar-refractivity contribution in [2.45, 2.75) is 0 Å². The van der Waals surface area contributed by atoms with Crippen molar-refractivity contribution in [2.24, 2.45) is 0 Å². The highest BCUT2D eigenvalue weighted by Crippen LogP contribution is 2.27. The smallest absolute Gasteiger partial charge is 0.135 e. The molecular weight excluding hydrogens is 595 g/mol. The largest absolute Gasteiger partial charge is 1.00 e. The molecule has 0 fully saturated rings. The normalized spacial score (nSPS) is 7.58. The molecule has 7 heteroatoms. The number of para-hydroxylation sites is 2. The molecule has 0 aliphatic heterocycles. The van der Waals surface area contributed by atoms with E-state index in [2.05, 4.69) is 12.1 Å². The van der Waals surface area contributed by atoms with Gasteiger partial charge in [0, 0.05) is 10.8 Å². The summed E-state index contributed by atoms with van der Waals surface area (Å²) < 4.78 is 5.65. The Balaban J connectivity index is -0.000000187. The van der Waals surface area contributed by atoms with Crippen molar-refractivity contribution < 1.29 is 102 Å². The number of fused-ring (bicyclic) bond motifs is 3. The Bertz CT molecular complexity index is 534. The monoisotopic (exact) mass is 598 g/mol. The fourth-order valence-electron chi connectivity index (χ4n) is 1.67. The Morgan fingerprint density at radius 1 is 0.526 bits per heavy atom. The third-order valence-corrected chi connectivity index (χ3v) is 2.28. The van der Waals surface area contributed by atoms with Crippen molar-refractivity contribution in [2.75, 3.05) is 0 Å². The number of hydrogen-bond acceptors (Lipinski definition) is 1. The molecular formula is C12H8Br5ClO-6. The lowest BCUT2D eigenvalue weighted by molar-refractivity contribution is -0.00100. The summed E-state index contributed by atoms with van der Waals surface area (Å²) in [6.45, 7) is 0. The second kappa shape index (κ2) is 12.7. The molecule has 1 nitrogen and oxygen atoms in total. The second-order valence-electron chi connectivity index (χ2n) is 3.09. The van der Waals surface area contributed by atoms with Crippen molar-refractivity contribution in [3.63, 3.8) is 0 Å². The Kier molecular flexibility index (Phi) is 18.7. The van der Waals surface area contributed by atoms with Gasteiger partial charge in [-0.05, 0) is 12.1 Å². The van der Waals surface area contributed by atoms with Crippen LogP contribution in [-0.4, -0.2) is 0 Å². The van der Waals surface area contributed by atoms with Crippen molar-refractivity contribution >= 4 is 21.9 Å². The maximum Gasteiger partial charge on any atom is 0.135 e. The lowest BCUT2D eigenvalue weighted by atomic mass is 10.2. The van der Waals surface area contributed by atoms with E-state index in [4.69, 9.17) is 4.42 Å². The number of furan rings is 1. The Hall–Kier alpha value is 0.930. The zero-order valence-corrected chi connectivity index (χ0v) is 18.0. The molecule has 3 rings (SSSR count). The number of hydrogen-bond donors (Lipinski definition) is 0. The van der Waals surface area contributed by atoms with Gasteiger partial charge in [0.1, 0.15) is 11.2 Å². The van der Waals surface area contributed by atoms with Crippen LogP contribution in [0.5, 0.6) is 0 Å². The van der Waals surface area contributed by atoms with Crippen LogP contribution in [0.25, 0.3) is 21.9 Å². The molecule has 1 aromatic heterocycles. The SMILES string of the molecule is [Br-].[Br-].[Br-].[Br-].[Br-].[Cl-].c1ccc2c(c1)oc1ccccc12. The summed E-state index contributed by atoms with van der Waals surface area (Å²) in [5.41, 5.74) is 1.92. The molecule has 0 N–H and O–H groups in total. The number of benzene rings is 2. The van der Waals surface area contributed by atoms with Crippen LogP contribution in [0.3, 0.4) is 0 Å². The van der Waals surface area contributed by atoms with E-state index >= 15 is 0 Å². The van der Waals surface area contributed by atoms with Crippen molar-refractivity contribution in [1.29, 1.82) is 0 Å². The average Bonchev–Trinajstić information content (AvgIpc) is 2.56. The second-order valence-corrected chi connectivity index (χ2v) is 3.09. The standard InChI is InChI=1S/C12H8O.5BrH.ClH/c1-3-7-11-9(5-1)10-6-2-4-8-12(10)13-11;;;;;;/h1-8H;6*1H/p-6. The Labute approximate surface area is 170 Å². The molecule has 0 unspecified atom stereocenters. The predicted octanol–water partition coefficient (Wildman–Crippen LogP) is -14.4. The molecule has 0 aliphatic rings. The lowest BCUT2D eigenvalue weighted by Crippen LogP contribution is -3.00. The summed E-state index contributed by atoms with van der Waals surface area (Å²) in [6, 6.07) is 16.2. The minimum absolute atomic E-state index is 0. The molecule has 0 saturated carbocycles. The fraction of sp³-hybridized carbons (Fsp3) is 0. The molecule has 1 heterocycles. The van der Waals surface area contributed by atoms with Crippen molar-refractivity contribution in [3.8, 4) is 0 Å². The van der Waals surface area contributed by atoms with Crippen molar-refractivity contribution in [1.82, 2.24) is 0 Å². The Morgan fingerprint density at radius 3 is 1.21 bits per heavy atom. The van der Waals surface area contributed by atoms with Gasteiger partial charge in [0.25, 0.3) is 0 Å². The fourth-order valence-corrected chi connectivity index (χ4v) is 1.67. The first-order chi connectivity index (χ1) is 6.45. The third-order valence-electron chi connectivity index (χ3n) is 2.28. The van der Waals surface area contributed by atoms with Crippen LogP contribution >= 0.6 is 0 Å². The van der Waals surface area contributed by atoms with E-state index in [9.17, 15) is 0 Å². The molecule has 0 bridgehead atoms. The van der Waals surface area contributed by atoms with Crippen LogP contribution in [-0.2, 0) is 0 Å². The summed E-state index contributed by atoms with van der Waals surface area (Å²) >= 11 is 0. The minimum Gasteiger partial charge on any atom is -1.00 e. The van der Waals surface area contributed by atoms with E-state index in [0.717, 1.165) is 11.2 Å².